The molecule has 1 atom stereocenters. The van der Waals surface area contributed by atoms with Gasteiger partial charge in [-0.05, 0) is 38.3 Å². The van der Waals surface area contributed by atoms with Crippen molar-refractivity contribution in [2.45, 2.75) is 32.8 Å². The number of rotatable bonds is 6. The Bertz CT molecular complexity index is 655. The van der Waals surface area contributed by atoms with E-state index in [9.17, 15) is 14.7 Å². The summed E-state index contributed by atoms with van der Waals surface area (Å²) in [4.78, 5) is 27.5. The molecule has 0 unspecified atom stereocenters. The zero-order chi connectivity index (χ0) is 20.0. The van der Waals surface area contributed by atoms with E-state index in [0.29, 0.717) is 25.9 Å². The van der Waals surface area contributed by atoms with Gasteiger partial charge in [0.2, 0.25) is 5.91 Å². The minimum absolute atomic E-state index is 0.0205. The predicted octanol–water partition coefficient (Wildman–Crippen LogP) is 1.55. The van der Waals surface area contributed by atoms with Gasteiger partial charge >= 0.3 is 6.03 Å². The van der Waals surface area contributed by atoms with E-state index < -0.39 is 6.10 Å². The van der Waals surface area contributed by atoms with Crippen molar-refractivity contribution in [3.63, 3.8) is 0 Å². The molecule has 1 aromatic carbocycles. The first-order valence-electron chi connectivity index (χ1n) is 9.40. The van der Waals surface area contributed by atoms with Crippen LogP contribution >= 0.6 is 0 Å². The van der Waals surface area contributed by atoms with E-state index in [-0.39, 0.29) is 31.0 Å². The highest BCUT2D eigenvalue weighted by Gasteiger charge is 2.28. The summed E-state index contributed by atoms with van der Waals surface area (Å²) in [5.41, 5.74) is 2.18. The number of amides is 3. The first-order valence-corrected chi connectivity index (χ1v) is 9.40. The summed E-state index contributed by atoms with van der Waals surface area (Å²) in [6.45, 7) is 5.41. The molecule has 0 spiro atoms. The molecular formula is C20H31N3O4. The van der Waals surface area contributed by atoms with Crippen LogP contribution in [0.5, 0.6) is 5.75 Å². The highest BCUT2D eigenvalue weighted by molar-refractivity contribution is 5.79. The summed E-state index contributed by atoms with van der Waals surface area (Å²) in [7, 11) is 3.45. The summed E-state index contributed by atoms with van der Waals surface area (Å²) in [5, 5.41) is 12.9. The standard InChI is InChI=1S/C20H31N3O4/c1-14-5-6-18(15(2)11-14)27-13-17(24)12-21-19(25)16-7-9-23(10-8-16)20(26)22(3)4/h5-6,11,16-17,24H,7-10,12-13H2,1-4H3,(H,21,25)/t17-/m0/s1. The van der Waals surface area contributed by atoms with Gasteiger partial charge in [0.05, 0.1) is 0 Å². The van der Waals surface area contributed by atoms with Crippen LogP contribution in [0.2, 0.25) is 0 Å². The second-order valence-corrected chi connectivity index (χ2v) is 7.42. The Hall–Kier alpha value is -2.28. The van der Waals surface area contributed by atoms with Gasteiger partial charge in [-0.2, -0.15) is 0 Å². The van der Waals surface area contributed by atoms with Crippen molar-refractivity contribution in [3.8, 4) is 5.75 Å². The minimum Gasteiger partial charge on any atom is -0.491 e. The fourth-order valence-corrected chi connectivity index (χ4v) is 3.18. The third-order valence-corrected chi connectivity index (χ3v) is 4.79. The Morgan fingerprint density at radius 1 is 1.30 bits per heavy atom. The Kier molecular flexibility index (Phi) is 7.47. The smallest absolute Gasteiger partial charge is 0.319 e. The van der Waals surface area contributed by atoms with Crippen LogP contribution in [0.25, 0.3) is 0 Å². The third kappa shape index (κ3) is 6.13. The van der Waals surface area contributed by atoms with Crippen LogP contribution in [0.15, 0.2) is 18.2 Å². The van der Waals surface area contributed by atoms with Gasteiger partial charge in [0, 0.05) is 39.6 Å². The number of piperidine rings is 1. The maximum absolute atomic E-state index is 12.3. The molecule has 0 radical (unpaired) electrons. The average molecular weight is 377 g/mol. The summed E-state index contributed by atoms with van der Waals surface area (Å²) >= 11 is 0. The van der Waals surface area contributed by atoms with Crippen LogP contribution in [0.4, 0.5) is 4.79 Å². The number of aryl methyl sites for hydroxylation is 2. The van der Waals surface area contributed by atoms with Gasteiger partial charge in [-0.3, -0.25) is 4.79 Å². The molecule has 1 aliphatic rings. The van der Waals surface area contributed by atoms with Crippen LogP contribution < -0.4 is 10.1 Å². The number of hydrogen-bond acceptors (Lipinski definition) is 4. The van der Waals surface area contributed by atoms with Crippen molar-refractivity contribution in [1.82, 2.24) is 15.1 Å². The first-order chi connectivity index (χ1) is 12.8. The molecule has 27 heavy (non-hydrogen) atoms. The molecule has 7 nitrogen and oxygen atoms in total. The number of nitrogens with zero attached hydrogens (tertiary/aromatic N) is 2. The molecule has 150 valence electrons. The summed E-state index contributed by atoms with van der Waals surface area (Å²) in [6.07, 6.45) is 0.506. The predicted molar refractivity (Wildman–Crippen MR) is 104 cm³/mol. The highest BCUT2D eigenvalue weighted by Crippen LogP contribution is 2.19. The fraction of sp³-hybridized carbons (Fsp3) is 0.600. The Balaban J connectivity index is 1.70. The molecule has 1 heterocycles. The number of urea groups is 1. The van der Waals surface area contributed by atoms with E-state index in [1.807, 2.05) is 32.0 Å². The van der Waals surface area contributed by atoms with E-state index in [4.69, 9.17) is 4.74 Å². The number of aliphatic hydroxyl groups is 1. The van der Waals surface area contributed by atoms with Crippen LogP contribution in [-0.2, 0) is 4.79 Å². The molecule has 1 aliphatic heterocycles. The second kappa shape index (κ2) is 9.60. The van der Waals surface area contributed by atoms with Gasteiger partial charge < -0.3 is 25.0 Å². The zero-order valence-electron chi connectivity index (χ0n) is 16.7. The quantitative estimate of drug-likeness (QED) is 0.788. The number of carbonyl (C=O) groups excluding carboxylic acids is 2. The van der Waals surface area contributed by atoms with Crippen molar-refractivity contribution in [3.05, 3.63) is 29.3 Å². The Morgan fingerprint density at radius 3 is 2.56 bits per heavy atom. The number of carbonyl (C=O) groups is 2. The molecule has 1 saturated heterocycles. The van der Waals surface area contributed by atoms with Gasteiger partial charge in [-0.1, -0.05) is 17.7 Å². The lowest BCUT2D eigenvalue weighted by Crippen LogP contribution is -2.47. The molecule has 2 rings (SSSR count). The van der Waals surface area contributed by atoms with Crippen LogP contribution in [-0.4, -0.2) is 73.3 Å². The topological polar surface area (TPSA) is 82.1 Å². The Morgan fingerprint density at radius 2 is 1.96 bits per heavy atom. The van der Waals surface area contributed by atoms with Crippen molar-refractivity contribution < 1.29 is 19.4 Å². The Labute approximate surface area is 161 Å². The molecular weight excluding hydrogens is 346 g/mol. The molecule has 3 amide bonds. The van der Waals surface area contributed by atoms with Crippen LogP contribution in [0, 0.1) is 19.8 Å². The van der Waals surface area contributed by atoms with Crippen molar-refractivity contribution >= 4 is 11.9 Å². The maximum atomic E-state index is 12.3. The van der Waals surface area contributed by atoms with E-state index in [1.165, 1.54) is 0 Å². The molecule has 1 aromatic rings. The van der Waals surface area contributed by atoms with Crippen molar-refractivity contribution in [2.75, 3.05) is 40.3 Å². The minimum atomic E-state index is -0.773. The van der Waals surface area contributed by atoms with Gasteiger partial charge in [-0.15, -0.1) is 0 Å². The van der Waals surface area contributed by atoms with Crippen molar-refractivity contribution in [2.24, 2.45) is 5.92 Å². The first kappa shape index (κ1) is 21.0. The number of aliphatic hydroxyl groups excluding tert-OH is 1. The molecule has 0 aliphatic carbocycles. The molecule has 0 bridgehead atoms. The lowest BCUT2D eigenvalue weighted by molar-refractivity contribution is -0.126. The monoisotopic (exact) mass is 377 g/mol. The fourth-order valence-electron chi connectivity index (χ4n) is 3.18. The number of benzene rings is 1. The zero-order valence-corrected chi connectivity index (χ0v) is 16.7. The number of likely N-dealkylation sites (tertiary alicyclic amines) is 1. The average Bonchev–Trinajstić information content (AvgIpc) is 2.64. The van der Waals surface area contributed by atoms with Gasteiger partial charge in [0.25, 0.3) is 0 Å². The van der Waals surface area contributed by atoms with Gasteiger partial charge in [0.15, 0.2) is 0 Å². The SMILES string of the molecule is Cc1ccc(OC[C@@H](O)CNC(=O)C2CCN(C(=O)N(C)C)CC2)c(C)c1. The van der Waals surface area contributed by atoms with Gasteiger partial charge in [0.1, 0.15) is 18.5 Å². The van der Waals surface area contributed by atoms with Crippen LogP contribution in [0.1, 0.15) is 24.0 Å². The number of ether oxygens (including phenoxy) is 1. The lowest BCUT2D eigenvalue weighted by Gasteiger charge is -2.33. The molecule has 7 heteroatoms. The number of nitrogens with one attached hydrogen (secondary N) is 1. The number of hydrogen-bond donors (Lipinski definition) is 2. The highest BCUT2D eigenvalue weighted by atomic mass is 16.5. The molecule has 0 saturated carbocycles. The summed E-state index contributed by atoms with van der Waals surface area (Å²) < 4.78 is 5.64. The molecule has 2 N–H and O–H groups in total. The van der Waals surface area contributed by atoms with Gasteiger partial charge in [-0.25, -0.2) is 4.79 Å². The van der Waals surface area contributed by atoms with E-state index in [2.05, 4.69) is 5.32 Å². The summed E-state index contributed by atoms with van der Waals surface area (Å²) in [6, 6.07) is 5.85. The van der Waals surface area contributed by atoms with E-state index in [1.54, 1.807) is 23.9 Å². The lowest BCUT2D eigenvalue weighted by atomic mass is 9.96. The molecule has 0 aromatic heterocycles. The third-order valence-electron chi connectivity index (χ3n) is 4.79. The van der Waals surface area contributed by atoms with Crippen LogP contribution in [0.3, 0.4) is 0 Å². The molecule has 1 fully saturated rings. The van der Waals surface area contributed by atoms with Crippen molar-refractivity contribution in [1.29, 1.82) is 0 Å². The second-order valence-electron chi connectivity index (χ2n) is 7.42. The van der Waals surface area contributed by atoms with E-state index in [0.717, 1.165) is 16.9 Å². The van der Waals surface area contributed by atoms with E-state index >= 15 is 0 Å². The summed E-state index contributed by atoms with van der Waals surface area (Å²) in [5.74, 6) is 0.546. The largest absolute Gasteiger partial charge is 0.491 e. The normalized spacial score (nSPS) is 16.0. The maximum Gasteiger partial charge on any atom is 0.319 e.